The molecule has 3 aromatic carbocycles. The van der Waals surface area contributed by atoms with Gasteiger partial charge in [0.05, 0.1) is 18.1 Å². The fraction of sp³-hybridized carbons (Fsp3) is 0.174. The molecule has 0 atom stereocenters. The van der Waals surface area contributed by atoms with Crippen molar-refractivity contribution in [1.82, 2.24) is 9.55 Å². The second-order valence-electron chi connectivity index (χ2n) is 6.58. The third kappa shape index (κ3) is 3.99. The smallest absolute Gasteiger partial charge is 0.121 e. The lowest BCUT2D eigenvalue weighted by atomic mass is 10.1. The van der Waals surface area contributed by atoms with E-state index in [1.165, 1.54) is 11.1 Å². The molecule has 1 aromatic heterocycles. The lowest BCUT2D eigenvalue weighted by molar-refractivity contribution is 0.415. The van der Waals surface area contributed by atoms with Gasteiger partial charge in [-0.15, -0.1) is 0 Å². The second kappa shape index (κ2) is 7.85. The molecule has 1 heterocycles. The van der Waals surface area contributed by atoms with Crippen LogP contribution in [-0.2, 0) is 19.4 Å². The number of benzene rings is 3. The topological polar surface area (TPSA) is 27.1 Å². The highest BCUT2D eigenvalue weighted by Crippen LogP contribution is 2.24. The zero-order chi connectivity index (χ0) is 18.6. The number of fused-ring (bicyclic) bond motifs is 1. The van der Waals surface area contributed by atoms with Gasteiger partial charge in [-0.05, 0) is 41.8 Å². The predicted molar refractivity (Wildman–Crippen MR) is 111 cm³/mol. The summed E-state index contributed by atoms with van der Waals surface area (Å²) in [6, 6.07) is 24.6. The number of halogens is 1. The zero-order valence-corrected chi connectivity index (χ0v) is 16.0. The number of aryl methyl sites for hydroxylation is 2. The van der Waals surface area contributed by atoms with E-state index in [0.29, 0.717) is 0 Å². The number of hydrogen-bond donors (Lipinski definition) is 0. The summed E-state index contributed by atoms with van der Waals surface area (Å²) in [7, 11) is 1.68. The molecule has 0 N–H and O–H groups in total. The summed E-state index contributed by atoms with van der Waals surface area (Å²) in [6.07, 6.45) is 1.83. The van der Waals surface area contributed by atoms with Gasteiger partial charge in [-0.1, -0.05) is 54.1 Å². The Morgan fingerprint density at radius 1 is 0.889 bits per heavy atom. The van der Waals surface area contributed by atoms with Crippen LogP contribution < -0.4 is 4.74 Å². The monoisotopic (exact) mass is 376 g/mol. The van der Waals surface area contributed by atoms with Crippen LogP contribution in [0.2, 0.25) is 5.02 Å². The van der Waals surface area contributed by atoms with Gasteiger partial charge in [0, 0.05) is 24.1 Å². The molecular formula is C23H21ClN2O. The van der Waals surface area contributed by atoms with Gasteiger partial charge in [-0.3, -0.25) is 0 Å². The van der Waals surface area contributed by atoms with Crippen molar-refractivity contribution in [3.8, 4) is 5.75 Å². The van der Waals surface area contributed by atoms with E-state index >= 15 is 0 Å². The average molecular weight is 377 g/mol. The Bertz CT molecular complexity index is 1060. The van der Waals surface area contributed by atoms with Gasteiger partial charge < -0.3 is 9.30 Å². The quantitative estimate of drug-likeness (QED) is 0.442. The van der Waals surface area contributed by atoms with Crippen LogP contribution in [0, 0.1) is 0 Å². The second-order valence-corrected chi connectivity index (χ2v) is 7.02. The highest BCUT2D eigenvalue weighted by Gasteiger charge is 2.12. The van der Waals surface area contributed by atoms with Crippen molar-refractivity contribution < 1.29 is 4.74 Å². The van der Waals surface area contributed by atoms with Crippen LogP contribution in [0.3, 0.4) is 0 Å². The molecule has 0 aliphatic heterocycles. The first kappa shape index (κ1) is 17.6. The molecular weight excluding hydrogens is 356 g/mol. The van der Waals surface area contributed by atoms with Crippen molar-refractivity contribution in [2.75, 3.05) is 7.11 Å². The Balaban J connectivity index is 1.71. The van der Waals surface area contributed by atoms with Crippen LogP contribution in [0.15, 0.2) is 72.8 Å². The average Bonchev–Trinajstić information content (AvgIpc) is 3.03. The minimum atomic E-state index is 0.744. The maximum Gasteiger partial charge on any atom is 0.121 e. The Hall–Kier alpha value is -2.78. The first-order valence-corrected chi connectivity index (χ1v) is 9.42. The van der Waals surface area contributed by atoms with E-state index in [2.05, 4.69) is 41.0 Å². The molecule has 27 heavy (non-hydrogen) atoms. The molecule has 3 nitrogen and oxygen atoms in total. The summed E-state index contributed by atoms with van der Waals surface area (Å²) in [6.45, 7) is 0.744. The molecule has 0 unspecified atom stereocenters. The number of rotatable bonds is 6. The third-order valence-corrected chi connectivity index (χ3v) is 4.98. The summed E-state index contributed by atoms with van der Waals surface area (Å²) in [5.41, 5.74) is 4.55. The standard InChI is InChI=1S/C23H21ClN2O/c1-27-20-11-12-22-21(15-20)25-23(13-10-17-6-3-2-4-7-17)26(22)16-18-8-5-9-19(24)14-18/h2-9,11-12,14-15H,10,13,16H2,1H3. The Morgan fingerprint density at radius 2 is 1.70 bits per heavy atom. The van der Waals surface area contributed by atoms with Gasteiger partial charge in [0.1, 0.15) is 11.6 Å². The van der Waals surface area contributed by atoms with Gasteiger partial charge >= 0.3 is 0 Å². The highest BCUT2D eigenvalue weighted by atomic mass is 35.5. The van der Waals surface area contributed by atoms with Crippen molar-refractivity contribution in [3.05, 3.63) is 94.8 Å². The van der Waals surface area contributed by atoms with E-state index in [1.807, 2.05) is 36.4 Å². The first-order valence-electron chi connectivity index (χ1n) is 9.04. The number of imidazole rings is 1. The van der Waals surface area contributed by atoms with Gasteiger partial charge in [0.15, 0.2) is 0 Å². The highest BCUT2D eigenvalue weighted by molar-refractivity contribution is 6.30. The van der Waals surface area contributed by atoms with Gasteiger partial charge in [0.2, 0.25) is 0 Å². The van der Waals surface area contributed by atoms with Gasteiger partial charge in [0.25, 0.3) is 0 Å². The molecule has 0 spiro atoms. The van der Waals surface area contributed by atoms with Gasteiger partial charge in [-0.2, -0.15) is 0 Å². The minimum Gasteiger partial charge on any atom is -0.497 e. The predicted octanol–water partition coefficient (Wildman–Crippen LogP) is 5.53. The van der Waals surface area contributed by atoms with Crippen LogP contribution in [0.4, 0.5) is 0 Å². The fourth-order valence-electron chi connectivity index (χ4n) is 3.37. The molecule has 0 fully saturated rings. The van der Waals surface area contributed by atoms with E-state index < -0.39 is 0 Å². The van der Waals surface area contributed by atoms with Gasteiger partial charge in [-0.25, -0.2) is 4.98 Å². The number of methoxy groups -OCH3 is 1. The van der Waals surface area contributed by atoms with E-state index in [-0.39, 0.29) is 0 Å². The van der Waals surface area contributed by atoms with Crippen molar-refractivity contribution in [1.29, 1.82) is 0 Å². The zero-order valence-electron chi connectivity index (χ0n) is 15.2. The van der Waals surface area contributed by atoms with E-state index in [9.17, 15) is 0 Å². The summed E-state index contributed by atoms with van der Waals surface area (Å²) >= 11 is 6.18. The summed E-state index contributed by atoms with van der Waals surface area (Å²) in [5, 5.41) is 0.754. The Labute approximate surface area is 164 Å². The number of aromatic nitrogens is 2. The maximum atomic E-state index is 6.18. The van der Waals surface area contributed by atoms with E-state index in [0.717, 1.165) is 47.0 Å². The SMILES string of the molecule is COc1ccc2c(c1)nc(CCc1ccccc1)n2Cc1cccc(Cl)c1. The van der Waals surface area contributed by atoms with Crippen LogP contribution in [0.25, 0.3) is 11.0 Å². The van der Waals surface area contributed by atoms with Crippen LogP contribution in [0.1, 0.15) is 17.0 Å². The number of ether oxygens (including phenoxy) is 1. The van der Waals surface area contributed by atoms with Crippen LogP contribution in [0.5, 0.6) is 5.75 Å². The molecule has 4 heteroatoms. The number of nitrogens with zero attached hydrogens (tertiary/aromatic N) is 2. The summed E-state index contributed by atoms with van der Waals surface area (Å²) in [5.74, 6) is 1.89. The van der Waals surface area contributed by atoms with Crippen LogP contribution in [-0.4, -0.2) is 16.7 Å². The van der Waals surface area contributed by atoms with E-state index in [1.54, 1.807) is 7.11 Å². The largest absolute Gasteiger partial charge is 0.497 e. The lowest BCUT2D eigenvalue weighted by Crippen LogP contribution is -2.06. The van der Waals surface area contributed by atoms with Crippen molar-refractivity contribution in [2.45, 2.75) is 19.4 Å². The molecule has 0 radical (unpaired) electrons. The third-order valence-electron chi connectivity index (χ3n) is 4.74. The lowest BCUT2D eigenvalue weighted by Gasteiger charge is -2.10. The molecule has 136 valence electrons. The molecule has 0 saturated heterocycles. The normalized spacial score (nSPS) is 11.0. The molecule has 4 rings (SSSR count). The Morgan fingerprint density at radius 3 is 2.48 bits per heavy atom. The Kier molecular flexibility index (Phi) is 5.12. The molecule has 0 saturated carbocycles. The maximum absolute atomic E-state index is 6.18. The molecule has 0 amide bonds. The number of hydrogen-bond acceptors (Lipinski definition) is 2. The van der Waals surface area contributed by atoms with Crippen molar-refractivity contribution >= 4 is 22.6 Å². The van der Waals surface area contributed by atoms with Crippen molar-refractivity contribution in [3.63, 3.8) is 0 Å². The summed E-state index contributed by atoms with van der Waals surface area (Å²) < 4.78 is 7.65. The fourth-order valence-corrected chi connectivity index (χ4v) is 3.59. The molecule has 4 aromatic rings. The van der Waals surface area contributed by atoms with E-state index in [4.69, 9.17) is 21.3 Å². The molecule has 0 aliphatic carbocycles. The minimum absolute atomic E-state index is 0.744. The molecule has 0 bridgehead atoms. The van der Waals surface area contributed by atoms with Crippen LogP contribution >= 0.6 is 11.6 Å². The summed E-state index contributed by atoms with van der Waals surface area (Å²) in [4.78, 5) is 4.90. The molecule has 0 aliphatic rings. The van der Waals surface area contributed by atoms with Crippen molar-refractivity contribution in [2.24, 2.45) is 0 Å². The first-order chi connectivity index (χ1) is 13.2.